The van der Waals surface area contributed by atoms with Gasteiger partial charge >= 0.3 is 0 Å². The molecule has 76 valence electrons. The zero-order chi connectivity index (χ0) is 9.97. The Morgan fingerprint density at radius 2 is 2.07 bits per heavy atom. The molecule has 3 nitrogen and oxygen atoms in total. The summed E-state index contributed by atoms with van der Waals surface area (Å²) in [6.07, 6.45) is 0. The molecule has 0 radical (unpaired) electrons. The van der Waals surface area contributed by atoms with Crippen LogP contribution in [0.15, 0.2) is 18.2 Å². The van der Waals surface area contributed by atoms with Crippen molar-refractivity contribution in [2.24, 2.45) is 0 Å². The number of nitrogens with zero attached hydrogens (tertiary/aromatic N) is 1. The second-order valence-corrected chi connectivity index (χ2v) is 3.84. The van der Waals surface area contributed by atoms with Gasteiger partial charge in [-0.05, 0) is 23.8 Å². The van der Waals surface area contributed by atoms with Gasteiger partial charge < -0.3 is 15.5 Å². The van der Waals surface area contributed by atoms with E-state index < -0.39 is 0 Å². The first kappa shape index (κ1) is 9.34. The van der Waals surface area contributed by atoms with Crippen LogP contribution < -0.4 is 15.5 Å². The number of fused-ring (bicyclic) bond motifs is 1. The van der Waals surface area contributed by atoms with E-state index in [1.807, 2.05) is 0 Å². The Balaban J connectivity index is 2.32. The fourth-order valence-corrected chi connectivity index (χ4v) is 1.69. The predicted molar refractivity (Wildman–Crippen MR) is 61.0 cm³/mol. The van der Waals surface area contributed by atoms with E-state index in [-0.39, 0.29) is 0 Å². The smallest absolute Gasteiger partial charge is 0.0387 e. The van der Waals surface area contributed by atoms with Crippen LogP contribution in [0.2, 0.25) is 0 Å². The van der Waals surface area contributed by atoms with Crippen LogP contribution >= 0.6 is 0 Å². The molecule has 0 fully saturated rings. The molecule has 2 rings (SSSR count). The van der Waals surface area contributed by atoms with Gasteiger partial charge in [-0.2, -0.15) is 0 Å². The van der Waals surface area contributed by atoms with Crippen molar-refractivity contribution in [1.29, 1.82) is 0 Å². The molecule has 14 heavy (non-hydrogen) atoms. The van der Waals surface area contributed by atoms with Gasteiger partial charge in [-0.1, -0.05) is 0 Å². The zero-order valence-corrected chi connectivity index (χ0v) is 8.80. The lowest BCUT2D eigenvalue weighted by atomic mass is 10.1. The van der Waals surface area contributed by atoms with E-state index in [0.717, 1.165) is 19.6 Å². The van der Waals surface area contributed by atoms with Crippen molar-refractivity contribution in [2.45, 2.75) is 6.54 Å². The van der Waals surface area contributed by atoms with Gasteiger partial charge in [-0.3, -0.25) is 0 Å². The highest BCUT2D eigenvalue weighted by atomic mass is 15.1. The highest BCUT2D eigenvalue weighted by Crippen LogP contribution is 2.22. The Kier molecular flexibility index (Phi) is 2.59. The molecule has 0 aliphatic carbocycles. The minimum absolute atomic E-state index is 0.962. The molecule has 0 aromatic heterocycles. The maximum Gasteiger partial charge on any atom is 0.0387 e. The first-order valence-corrected chi connectivity index (χ1v) is 5.02. The summed E-state index contributed by atoms with van der Waals surface area (Å²) in [6, 6.07) is 6.55. The second kappa shape index (κ2) is 3.88. The summed E-state index contributed by atoms with van der Waals surface area (Å²) in [5, 5.41) is 6.80. The Morgan fingerprint density at radius 3 is 2.86 bits per heavy atom. The van der Waals surface area contributed by atoms with E-state index in [9.17, 15) is 0 Å². The third kappa shape index (κ3) is 1.82. The molecule has 0 bridgehead atoms. The second-order valence-electron chi connectivity index (χ2n) is 3.84. The fourth-order valence-electron chi connectivity index (χ4n) is 1.69. The van der Waals surface area contributed by atoms with Crippen LogP contribution in [0.1, 0.15) is 5.56 Å². The standard InChI is InChI=1S/C11H17N3/c1-14(2)10-3-4-11-9(7-10)8-12-5-6-13-11/h3-4,7,12-13H,5-6,8H2,1-2H3. The highest BCUT2D eigenvalue weighted by Gasteiger charge is 2.07. The van der Waals surface area contributed by atoms with Gasteiger partial charge in [0.15, 0.2) is 0 Å². The van der Waals surface area contributed by atoms with E-state index in [0.29, 0.717) is 0 Å². The lowest BCUT2D eigenvalue weighted by molar-refractivity contribution is 0.725. The number of nitrogens with one attached hydrogen (secondary N) is 2. The average molecular weight is 191 g/mol. The molecule has 0 spiro atoms. The minimum Gasteiger partial charge on any atom is -0.384 e. The Bertz CT molecular complexity index is 320. The van der Waals surface area contributed by atoms with Crippen molar-refractivity contribution in [3.8, 4) is 0 Å². The van der Waals surface area contributed by atoms with Gasteiger partial charge in [-0.15, -0.1) is 0 Å². The number of rotatable bonds is 1. The van der Waals surface area contributed by atoms with E-state index in [1.165, 1.54) is 16.9 Å². The average Bonchev–Trinajstić information content (AvgIpc) is 2.41. The lowest BCUT2D eigenvalue weighted by Gasteiger charge is -2.15. The highest BCUT2D eigenvalue weighted by molar-refractivity contribution is 5.60. The van der Waals surface area contributed by atoms with Crippen LogP contribution in [-0.4, -0.2) is 27.2 Å². The fraction of sp³-hybridized carbons (Fsp3) is 0.455. The summed E-state index contributed by atoms with van der Waals surface area (Å²) in [7, 11) is 4.14. The molecule has 1 aliphatic heterocycles. The quantitative estimate of drug-likeness (QED) is 0.700. The molecule has 1 aromatic carbocycles. The van der Waals surface area contributed by atoms with Crippen molar-refractivity contribution in [2.75, 3.05) is 37.4 Å². The van der Waals surface area contributed by atoms with Gasteiger partial charge in [-0.25, -0.2) is 0 Å². The zero-order valence-electron chi connectivity index (χ0n) is 8.80. The first-order valence-electron chi connectivity index (χ1n) is 5.02. The summed E-state index contributed by atoms with van der Waals surface area (Å²) in [4.78, 5) is 2.13. The molecule has 1 aliphatic rings. The van der Waals surface area contributed by atoms with E-state index >= 15 is 0 Å². The van der Waals surface area contributed by atoms with Gasteiger partial charge in [0, 0.05) is 45.1 Å². The Labute approximate surface area is 85.1 Å². The Morgan fingerprint density at radius 1 is 1.21 bits per heavy atom. The van der Waals surface area contributed by atoms with Crippen LogP contribution in [0.4, 0.5) is 11.4 Å². The molecule has 0 atom stereocenters. The van der Waals surface area contributed by atoms with Crippen molar-refractivity contribution >= 4 is 11.4 Å². The molecular formula is C11H17N3. The molecule has 3 heteroatoms. The van der Waals surface area contributed by atoms with Crippen LogP contribution in [0.3, 0.4) is 0 Å². The largest absolute Gasteiger partial charge is 0.384 e. The van der Waals surface area contributed by atoms with E-state index in [4.69, 9.17) is 0 Å². The summed E-state index contributed by atoms with van der Waals surface area (Å²) in [6.45, 7) is 3.00. The molecule has 0 unspecified atom stereocenters. The van der Waals surface area contributed by atoms with Gasteiger partial charge in [0.1, 0.15) is 0 Å². The maximum atomic E-state index is 3.41. The lowest BCUT2D eigenvalue weighted by Crippen LogP contribution is -2.17. The SMILES string of the molecule is CN(C)c1ccc2c(c1)CNCCN2. The van der Waals surface area contributed by atoms with Crippen molar-refractivity contribution in [3.63, 3.8) is 0 Å². The predicted octanol–water partition coefficient (Wildman–Crippen LogP) is 1.27. The molecule has 0 saturated heterocycles. The molecular weight excluding hydrogens is 174 g/mol. The normalized spacial score (nSPS) is 15.3. The number of hydrogen-bond acceptors (Lipinski definition) is 3. The van der Waals surface area contributed by atoms with Crippen LogP contribution in [0, 0.1) is 0 Å². The third-order valence-corrected chi connectivity index (χ3v) is 2.54. The number of anilines is 2. The molecule has 0 amide bonds. The van der Waals surface area contributed by atoms with Crippen LogP contribution in [-0.2, 0) is 6.54 Å². The summed E-state index contributed by atoms with van der Waals surface area (Å²) >= 11 is 0. The van der Waals surface area contributed by atoms with Crippen LogP contribution in [0.5, 0.6) is 0 Å². The summed E-state index contributed by atoms with van der Waals surface area (Å²) in [5.41, 5.74) is 3.88. The van der Waals surface area contributed by atoms with Gasteiger partial charge in [0.25, 0.3) is 0 Å². The monoisotopic (exact) mass is 191 g/mol. The van der Waals surface area contributed by atoms with Crippen molar-refractivity contribution in [1.82, 2.24) is 5.32 Å². The van der Waals surface area contributed by atoms with Crippen LogP contribution in [0.25, 0.3) is 0 Å². The van der Waals surface area contributed by atoms with Crippen molar-refractivity contribution < 1.29 is 0 Å². The van der Waals surface area contributed by atoms with Crippen molar-refractivity contribution in [3.05, 3.63) is 23.8 Å². The first-order chi connectivity index (χ1) is 6.77. The van der Waals surface area contributed by atoms with E-state index in [1.54, 1.807) is 0 Å². The summed E-state index contributed by atoms with van der Waals surface area (Å²) in [5.74, 6) is 0. The minimum atomic E-state index is 0.962. The topological polar surface area (TPSA) is 27.3 Å². The third-order valence-electron chi connectivity index (χ3n) is 2.54. The van der Waals surface area contributed by atoms with Gasteiger partial charge in [0.05, 0.1) is 0 Å². The maximum absolute atomic E-state index is 3.41. The molecule has 1 aromatic rings. The molecule has 0 saturated carbocycles. The van der Waals surface area contributed by atoms with E-state index in [2.05, 4.69) is 47.8 Å². The Hall–Kier alpha value is -1.22. The molecule has 1 heterocycles. The molecule has 2 N–H and O–H groups in total. The summed E-state index contributed by atoms with van der Waals surface area (Å²) < 4.78 is 0. The van der Waals surface area contributed by atoms with Gasteiger partial charge in [0.2, 0.25) is 0 Å². The number of hydrogen-bond donors (Lipinski definition) is 2. The number of benzene rings is 1.